The van der Waals surface area contributed by atoms with Gasteiger partial charge in [0.05, 0.1) is 24.6 Å². The van der Waals surface area contributed by atoms with Crippen molar-refractivity contribution in [2.75, 3.05) is 6.26 Å². The van der Waals surface area contributed by atoms with Gasteiger partial charge >= 0.3 is 12.1 Å². The molecule has 0 radical (unpaired) electrons. The molecule has 0 saturated carbocycles. The standard InChI is InChI=1S/C19H18BrN3O3S4.C2HF3O2/c1-27-19-17(11-16(28-19)18(21)22)30(26,15-9-5-8-14(20)10-15)23-29(24,25)12-13-6-3-2-4-7-13;3-2(4,5)1(6)7/h2-11H,12H2,1H3,(H3,21,22);(H,6,7). The molecule has 3 rings (SSSR count). The number of carboxylic acids is 1. The van der Waals surface area contributed by atoms with E-state index < -0.39 is 31.9 Å². The van der Waals surface area contributed by atoms with E-state index in [0.29, 0.717) is 19.1 Å². The van der Waals surface area contributed by atoms with E-state index in [4.69, 9.17) is 21.0 Å². The molecule has 0 saturated heterocycles. The number of sulfonamides is 1. The number of halogens is 4. The minimum Gasteiger partial charge on any atom is -0.475 e. The van der Waals surface area contributed by atoms with E-state index in [2.05, 4.69) is 19.7 Å². The first-order valence-corrected chi connectivity index (χ1v) is 15.7. The molecule has 37 heavy (non-hydrogen) atoms. The molecule has 0 bridgehead atoms. The molecule has 0 aliphatic heterocycles. The van der Waals surface area contributed by atoms with Gasteiger partial charge in [0.15, 0.2) is 0 Å². The van der Waals surface area contributed by atoms with Crippen LogP contribution in [-0.4, -0.2) is 42.0 Å². The summed E-state index contributed by atoms with van der Waals surface area (Å²) in [4.78, 5) is 9.82. The Morgan fingerprint density at radius 2 is 1.73 bits per heavy atom. The minimum absolute atomic E-state index is 0.176. The topological polar surface area (TPSA) is 151 Å². The summed E-state index contributed by atoms with van der Waals surface area (Å²) in [5.41, 5.74) is 6.17. The number of benzene rings is 2. The van der Waals surface area contributed by atoms with Crippen molar-refractivity contribution in [2.45, 2.75) is 25.9 Å². The number of nitrogens with zero attached hydrogens (tertiary/aromatic N) is 1. The summed E-state index contributed by atoms with van der Waals surface area (Å²) in [5, 5.41) is 14.8. The van der Waals surface area contributed by atoms with Crippen molar-refractivity contribution in [3.8, 4) is 0 Å². The largest absolute Gasteiger partial charge is 0.490 e. The molecule has 2 aromatic carbocycles. The second-order valence-corrected chi connectivity index (χ2v) is 14.0. The van der Waals surface area contributed by atoms with Crippen LogP contribution in [-0.2, 0) is 30.3 Å². The van der Waals surface area contributed by atoms with Crippen LogP contribution in [0.5, 0.6) is 0 Å². The first-order valence-electron chi connectivity index (χ1n) is 9.72. The number of thioether (sulfide) groups is 1. The zero-order valence-electron chi connectivity index (χ0n) is 18.7. The molecule has 1 aromatic heterocycles. The van der Waals surface area contributed by atoms with Gasteiger partial charge in [0.25, 0.3) is 10.0 Å². The van der Waals surface area contributed by atoms with Gasteiger partial charge in [0.1, 0.15) is 15.6 Å². The molecule has 1 unspecified atom stereocenters. The van der Waals surface area contributed by atoms with Crippen LogP contribution in [0.2, 0.25) is 0 Å². The van der Waals surface area contributed by atoms with Gasteiger partial charge < -0.3 is 10.8 Å². The van der Waals surface area contributed by atoms with Crippen molar-refractivity contribution >= 4 is 70.6 Å². The number of carbonyl (C=O) groups is 1. The maximum Gasteiger partial charge on any atom is 0.490 e. The van der Waals surface area contributed by atoms with E-state index in [1.165, 1.54) is 29.2 Å². The molecule has 0 aliphatic rings. The smallest absolute Gasteiger partial charge is 0.475 e. The second kappa shape index (κ2) is 12.4. The first kappa shape index (κ1) is 30.8. The van der Waals surface area contributed by atoms with Crippen molar-refractivity contribution in [1.82, 2.24) is 0 Å². The molecule has 0 fully saturated rings. The van der Waals surface area contributed by atoms with Crippen LogP contribution in [0.3, 0.4) is 0 Å². The van der Waals surface area contributed by atoms with E-state index >= 15 is 0 Å². The summed E-state index contributed by atoms with van der Waals surface area (Å²) in [6.45, 7) is 0. The Balaban J connectivity index is 0.000000604. The van der Waals surface area contributed by atoms with Crippen LogP contribution in [0.15, 0.2) is 82.9 Å². The third-order valence-electron chi connectivity index (χ3n) is 4.18. The first-order chi connectivity index (χ1) is 17.1. The summed E-state index contributed by atoms with van der Waals surface area (Å²) >= 11 is 5.85. The Bertz CT molecular complexity index is 1520. The number of aliphatic carboxylic acids is 1. The predicted molar refractivity (Wildman–Crippen MR) is 141 cm³/mol. The Labute approximate surface area is 228 Å². The average Bonchev–Trinajstić information content (AvgIpc) is 3.24. The van der Waals surface area contributed by atoms with Gasteiger partial charge in [-0.25, -0.2) is 17.4 Å². The fraction of sp³-hybridized carbons (Fsp3) is 0.143. The number of hydrogen-bond donors (Lipinski definition) is 3. The molecule has 16 heteroatoms. The quantitative estimate of drug-likeness (QED) is 0.171. The number of carboxylic acid groups (broad SMARTS) is 1. The van der Waals surface area contributed by atoms with Crippen LogP contribution in [0, 0.1) is 5.41 Å². The fourth-order valence-corrected chi connectivity index (χ4v) is 9.91. The Morgan fingerprint density at radius 3 is 2.22 bits per heavy atom. The number of alkyl halides is 3. The lowest BCUT2D eigenvalue weighted by atomic mass is 10.2. The summed E-state index contributed by atoms with van der Waals surface area (Å²) in [6, 6.07) is 16.7. The summed E-state index contributed by atoms with van der Waals surface area (Å²) < 4.78 is 77.1. The number of nitrogens with two attached hydrogens (primary N) is 1. The number of hydrogen-bond acceptors (Lipinski definition) is 7. The van der Waals surface area contributed by atoms with Crippen LogP contribution >= 0.6 is 39.0 Å². The van der Waals surface area contributed by atoms with E-state index in [-0.39, 0.29) is 21.4 Å². The number of nitrogen functional groups attached to an aromatic ring is 1. The van der Waals surface area contributed by atoms with Crippen molar-refractivity contribution in [3.05, 3.63) is 75.6 Å². The zero-order valence-corrected chi connectivity index (χ0v) is 23.6. The van der Waals surface area contributed by atoms with Crippen LogP contribution < -0.4 is 5.73 Å². The van der Waals surface area contributed by atoms with Gasteiger partial charge in [-0.2, -0.15) is 13.2 Å². The highest BCUT2D eigenvalue weighted by molar-refractivity contribution is 9.10. The summed E-state index contributed by atoms with van der Waals surface area (Å²) in [5.74, 6) is -3.30. The minimum atomic E-state index is -5.08. The normalized spacial score (nSPS) is 13.1. The van der Waals surface area contributed by atoms with Crippen molar-refractivity contribution in [1.29, 1.82) is 5.41 Å². The third-order valence-corrected chi connectivity index (χ3v) is 11.5. The van der Waals surface area contributed by atoms with Gasteiger partial charge in [0.2, 0.25) is 0 Å². The van der Waals surface area contributed by atoms with Crippen LogP contribution in [0.1, 0.15) is 10.4 Å². The summed E-state index contributed by atoms with van der Waals surface area (Å²) in [6.07, 6.45) is -3.29. The van der Waals surface area contributed by atoms with Crippen LogP contribution in [0.25, 0.3) is 0 Å². The van der Waals surface area contributed by atoms with Crippen molar-refractivity contribution in [3.63, 3.8) is 0 Å². The Hall–Kier alpha value is -2.40. The SMILES string of the molecule is CSc1sc(C(=N)N)cc1S(=O)(=NS(=O)(=O)Cc1ccccc1)c1cccc(Br)c1.O=C(O)C(F)(F)F. The fourth-order valence-electron chi connectivity index (χ4n) is 2.65. The number of nitrogens with one attached hydrogen (secondary N) is 1. The molecule has 200 valence electrons. The zero-order chi connectivity index (χ0) is 28.0. The molecule has 3 aromatic rings. The number of rotatable bonds is 7. The molecule has 4 N–H and O–H groups in total. The van der Waals surface area contributed by atoms with Gasteiger partial charge in [-0.15, -0.1) is 26.9 Å². The highest BCUT2D eigenvalue weighted by Crippen LogP contribution is 2.39. The lowest BCUT2D eigenvalue weighted by molar-refractivity contribution is -0.192. The van der Waals surface area contributed by atoms with Gasteiger partial charge in [-0.1, -0.05) is 52.3 Å². The molecular weight excluding hydrogens is 639 g/mol. The maximum atomic E-state index is 14.3. The maximum absolute atomic E-state index is 14.3. The highest BCUT2D eigenvalue weighted by Gasteiger charge is 2.38. The predicted octanol–water partition coefficient (Wildman–Crippen LogP) is 5.57. The van der Waals surface area contributed by atoms with E-state index in [0.717, 1.165) is 0 Å². The molecular formula is C21H19BrF3N3O5S4. The molecule has 0 amide bonds. The number of thiophene rings is 1. The Kier molecular flexibility index (Phi) is 10.4. The van der Waals surface area contributed by atoms with E-state index in [1.807, 2.05) is 0 Å². The molecule has 1 heterocycles. The second-order valence-electron chi connectivity index (χ2n) is 6.95. The van der Waals surface area contributed by atoms with Crippen molar-refractivity contribution in [2.24, 2.45) is 9.50 Å². The monoisotopic (exact) mass is 657 g/mol. The molecule has 8 nitrogen and oxygen atoms in total. The lowest BCUT2D eigenvalue weighted by Crippen LogP contribution is -2.21. The van der Waals surface area contributed by atoms with Crippen molar-refractivity contribution < 1.29 is 35.7 Å². The van der Waals surface area contributed by atoms with Crippen LogP contribution in [0.4, 0.5) is 13.2 Å². The lowest BCUT2D eigenvalue weighted by Gasteiger charge is -2.12. The van der Waals surface area contributed by atoms with Gasteiger partial charge in [-0.3, -0.25) is 5.41 Å². The number of amidine groups is 1. The van der Waals surface area contributed by atoms with Gasteiger partial charge in [-0.05, 0) is 36.1 Å². The molecule has 0 spiro atoms. The third kappa shape index (κ3) is 8.56. The Morgan fingerprint density at radius 1 is 1.14 bits per heavy atom. The van der Waals surface area contributed by atoms with E-state index in [9.17, 15) is 25.8 Å². The molecule has 1 atom stereocenters. The van der Waals surface area contributed by atoms with Gasteiger partial charge in [0, 0.05) is 4.47 Å². The summed E-state index contributed by atoms with van der Waals surface area (Å²) in [7, 11) is -7.65. The highest BCUT2D eigenvalue weighted by atomic mass is 79.9. The van der Waals surface area contributed by atoms with E-state index in [1.54, 1.807) is 60.9 Å². The average molecular weight is 659 g/mol. The molecule has 0 aliphatic carbocycles.